The van der Waals surface area contributed by atoms with Crippen LogP contribution in [-0.4, -0.2) is 13.4 Å². The first-order valence-electron chi connectivity index (χ1n) is 6.93. The highest BCUT2D eigenvalue weighted by Gasteiger charge is 2.17. The fourth-order valence-corrected chi connectivity index (χ4v) is 3.40. The standard InChI is InChI=1S/C17H13N3O2S/c18-11-14-6-2-4-8-17(14)23(21,22)19-12-15-10-9-13-5-1-3-7-16(13)20-15/h1-10,19H,12H2. The fraction of sp³-hybridized carbons (Fsp3) is 0.0588. The van der Waals surface area contributed by atoms with Crippen molar-refractivity contribution in [1.29, 1.82) is 5.26 Å². The molecule has 5 nitrogen and oxygen atoms in total. The van der Waals surface area contributed by atoms with E-state index in [-0.39, 0.29) is 17.0 Å². The molecule has 0 aliphatic heterocycles. The molecular weight excluding hydrogens is 310 g/mol. The molecule has 1 heterocycles. The summed E-state index contributed by atoms with van der Waals surface area (Å²) < 4.78 is 27.2. The van der Waals surface area contributed by atoms with E-state index < -0.39 is 10.0 Å². The summed E-state index contributed by atoms with van der Waals surface area (Å²) in [4.78, 5) is 4.40. The summed E-state index contributed by atoms with van der Waals surface area (Å²) in [6.45, 7) is 0.0624. The van der Waals surface area contributed by atoms with Gasteiger partial charge in [0.2, 0.25) is 10.0 Å². The first kappa shape index (κ1) is 15.2. The van der Waals surface area contributed by atoms with Gasteiger partial charge in [0.15, 0.2) is 0 Å². The molecule has 1 N–H and O–H groups in total. The molecule has 0 amide bonds. The number of para-hydroxylation sites is 1. The first-order chi connectivity index (χ1) is 11.1. The molecule has 6 heteroatoms. The Hall–Kier alpha value is -2.75. The fourth-order valence-electron chi connectivity index (χ4n) is 2.25. The minimum absolute atomic E-state index is 0.0247. The molecule has 0 radical (unpaired) electrons. The van der Waals surface area contributed by atoms with Crippen LogP contribution in [0.15, 0.2) is 65.6 Å². The van der Waals surface area contributed by atoms with Gasteiger partial charge in [-0.3, -0.25) is 4.98 Å². The van der Waals surface area contributed by atoms with E-state index in [9.17, 15) is 8.42 Å². The monoisotopic (exact) mass is 323 g/mol. The van der Waals surface area contributed by atoms with Gasteiger partial charge < -0.3 is 0 Å². The second-order valence-electron chi connectivity index (χ2n) is 4.93. The third kappa shape index (κ3) is 3.21. The number of aromatic nitrogens is 1. The molecule has 114 valence electrons. The number of fused-ring (bicyclic) bond motifs is 1. The Morgan fingerprint density at radius 3 is 2.57 bits per heavy atom. The smallest absolute Gasteiger partial charge is 0.242 e. The SMILES string of the molecule is N#Cc1ccccc1S(=O)(=O)NCc1ccc2ccccc2n1. The molecule has 0 aliphatic carbocycles. The summed E-state index contributed by atoms with van der Waals surface area (Å²) in [7, 11) is -3.77. The Bertz CT molecular complexity index is 1010. The second-order valence-corrected chi connectivity index (χ2v) is 6.66. The van der Waals surface area contributed by atoms with E-state index in [1.54, 1.807) is 18.2 Å². The van der Waals surface area contributed by atoms with Crippen LogP contribution >= 0.6 is 0 Å². The van der Waals surface area contributed by atoms with Gasteiger partial charge in [-0.2, -0.15) is 5.26 Å². The molecular formula is C17H13N3O2S. The quantitative estimate of drug-likeness (QED) is 0.800. The number of nitrogens with zero attached hydrogens (tertiary/aromatic N) is 2. The van der Waals surface area contributed by atoms with Crippen LogP contribution in [0.3, 0.4) is 0 Å². The van der Waals surface area contributed by atoms with Crippen molar-refractivity contribution in [2.45, 2.75) is 11.4 Å². The molecule has 0 atom stereocenters. The number of benzene rings is 2. The predicted octanol–water partition coefficient (Wildman–Crippen LogP) is 2.58. The number of hydrogen-bond acceptors (Lipinski definition) is 4. The average Bonchev–Trinajstić information content (AvgIpc) is 2.60. The zero-order chi connectivity index (χ0) is 16.3. The van der Waals surface area contributed by atoms with Gasteiger partial charge >= 0.3 is 0 Å². The third-order valence-electron chi connectivity index (χ3n) is 3.40. The Labute approximate surface area is 134 Å². The summed E-state index contributed by atoms with van der Waals surface area (Å²) in [6, 6.07) is 19.3. The van der Waals surface area contributed by atoms with Crippen LogP contribution in [0.25, 0.3) is 10.9 Å². The van der Waals surface area contributed by atoms with E-state index in [1.165, 1.54) is 12.1 Å². The highest BCUT2D eigenvalue weighted by atomic mass is 32.2. The molecule has 23 heavy (non-hydrogen) atoms. The summed E-state index contributed by atoms with van der Waals surface area (Å²) >= 11 is 0. The van der Waals surface area contributed by atoms with E-state index in [2.05, 4.69) is 9.71 Å². The third-order valence-corrected chi connectivity index (χ3v) is 4.86. The van der Waals surface area contributed by atoms with Crippen molar-refractivity contribution in [2.24, 2.45) is 0 Å². The molecule has 0 unspecified atom stereocenters. The Kier molecular flexibility index (Phi) is 4.06. The van der Waals surface area contributed by atoms with Crippen LogP contribution < -0.4 is 4.72 Å². The zero-order valence-corrected chi connectivity index (χ0v) is 12.9. The van der Waals surface area contributed by atoms with Gasteiger partial charge in [-0.1, -0.05) is 36.4 Å². The number of pyridine rings is 1. The molecule has 3 aromatic rings. The lowest BCUT2D eigenvalue weighted by atomic mass is 10.2. The van der Waals surface area contributed by atoms with Gasteiger partial charge in [-0.25, -0.2) is 13.1 Å². The highest BCUT2D eigenvalue weighted by Crippen LogP contribution is 2.15. The molecule has 0 saturated heterocycles. The van der Waals surface area contributed by atoms with Crippen LogP contribution in [0, 0.1) is 11.3 Å². The van der Waals surface area contributed by atoms with Crippen molar-refractivity contribution in [3.63, 3.8) is 0 Å². The number of nitrogens with one attached hydrogen (secondary N) is 1. The largest absolute Gasteiger partial charge is 0.251 e. The Morgan fingerprint density at radius 2 is 1.74 bits per heavy atom. The van der Waals surface area contributed by atoms with Crippen molar-refractivity contribution >= 4 is 20.9 Å². The van der Waals surface area contributed by atoms with E-state index in [0.717, 1.165) is 10.9 Å². The molecule has 0 aliphatic rings. The van der Waals surface area contributed by atoms with E-state index in [1.807, 2.05) is 36.4 Å². The Morgan fingerprint density at radius 1 is 1.00 bits per heavy atom. The van der Waals surface area contributed by atoms with Crippen LogP contribution in [0.5, 0.6) is 0 Å². The molecule has 1 aromatic heterocycles. The van der Waals surface area contributed by atoms with Crippen LogP contribution in [-0.2, 0) is 16.6 Å². The second kappa shape index (κ2) is 6.16. The van der Waals surface area contributed by atoms with Crippen molar-refractivity contribution in [2.75, 3.05) is 0 Å². The first-order valence-corrected chi connectivity index (χ1v) is 8.42. The van der Waals surface area contributed by atoms with E-state index in [4.69, 9.17) is 5.26 Å². The van der Waals surface area contributed by atoms with Gasteiger partial charge in [-0.05, 0) is 24.3 Å². The van der Waals surface area contributed by atoms with Crippen LogP contribution in [0.1, 0.15) is 11.3 Å². The highest BCUT2D eigenvalue weighted by molar-refractivity contribution is 7.89. The maximum absolute atomic E-state index is 12.4. The molecule has 3 rings (SSSR count). The minimum atomic E-state index is -3.77. The molecule has 0 saturated carbocycles. The minimum Gasteiger partial charge on any atom is -0.251 e. The van der Waals surface area contributed by atoms with Gasteiger partial charge in [0.25, 0.3) is 0 Å². The van der Waals surface area contributed by atoms with E-state index >= 15 is 0 Å². The number of sulfonamides is 1. The van der Waals surface area contributed by atoms with Crippen molar-refractivity contribution in [1.82, 2.24) is 9.71 Å². The summed E-state index contributed by atoms with van der Waals surface area (Å²) in [5.41, 5.74) is 1.54. The van der Waals surface area contributed by atoms with Crippen LogP contribution in [0.4, 0.5) is 0 Å². The topological polar surface area (TPSA) is 82.8 Å². The normalized spacial score (nSPS) is 11.3. The maximum Gasteiger partial charge on any atom is 0.242 e. The lowest BCUT2D eigenvalue weighted by Crippen LogP contribution is -2.24. The number of rotatable bonds is 4. The lowest BCUT2D eigenvalue weighted by Gasteiger charge is -2.08. The summed E-state index contributed by atoms with van der Waals surface area (Å²) in [5.74, 6) is 0. The maximum atomic E-state index is 12.4. The summed E-state index contributed by atoms with van der Waals surface area (Å²) in [6.07, 6.45) is 0. The van der Waals surface area contributed by atoms with Gasteiger partial charge in [0, 0.05) is 5.39 Å². The predicted molar refractivity (Wildman–Crippen MR) is 86.9 cm³/mol. The van der Waals surface area contributed by atoms with Gasteiger partial charge in [0.1, 0.15) is 6.07 Å². The molecule has 0 bridgehead atoms. The van der Waals surface area contributed by atoms with Crippen LogP contribution in [0.2, 0.25) is 0 Å². The molecule has 0 spiro atoms. The van der Waals surface area contributed by atoms with Gasteiger partial charge in [0.05, 0.1) is 28.2 Å². The Balaban J connectivity index is 1.85. The average molecular weight is 323 g/mol. The van der Waals surface area contributed by atoms with Crippen molar-refractivity contribution in [3.05, 3.63) is 71.9 Å². The van der Waals surface area contributed by atoms with E-state index in [0.29, 0.717) is 5.69 Å². The van der Waals surface area contributed by atoms with Crippen molar-refractivity contribution < 1.29 is 8.42 Å². The lowest BCUT2D eigenvalue weighted by molar-refractivity contribution is 0.580. The summed E-state index contributed by atoms with van der Waals surface area (Å²) in [5, 5.41) is 10.0. The molecule has 2 aromatic carbocycles. The van der Waals surface area contributed by atoms with Crippen molar-refractivity contribution in [3.8, 4) is 6.07 Å². The molecule has 0 fully saturated rings. The zero-order valence-electron chi connectivity index (χ0n) is 12.1. The number of hydrogen-bond donors (Lipinski definition) is 1. The number of nitriles is 1. The van der Waals surface area contributed by atoms with Gasteiger partial charge in [-0.15, -0.1) is 0 Å².